The summed E-state index contributed by atoms with van der Waals surface area (Å²) in [6.45, 7) is 1.05. The van der Waals surface area contributed by atoms with Crippen LogP contribution < -0.4 is 16.6 Å². The molecule has 3 fully saturated rings. The van der Waals surface area contributed by atoms with Gasteiger partial charge in [0.2, 0.25) is 0 Å². The molecular formula is C25H37N5O. The molecule has 1 aliphatic carbocycles. The summed E-state index contributed by atoms with van der Waals surface area (Å²) in [5.74, 6) is 0.443. The predicted molar refractivity (Wildman–Crippen MR) is 127 cm³/mol. The van der Waals surface area contributed by atoms with Crippen molar-refractivity contribution in [1.29, 1.82) is 0 Å². The summed E-state index contributed by atoms with van der Waals surface area (Å²) in [5, 5.41) is 3.17. The summed E-state index contributed by atoms with van der Waals surface area (Å²) in [4.78, 5) is 21.0. The van der Waals surface area contributed by atoms with E-state index >= 15 is 0 Å². The van der Waals surface area contributed by atoms with Crippen LogP contribution in [-0.2, 0) is 0 Å². The Morgan fingerprint density at radius 1 is 0.903 bits per heavy atom. The lowest BCUT2D eigenvalue weighted by atomic mass is 9.89. The zero-order valence-electron chi connectivity index (χ0n) is 18.6. The number of nitrogens with zero attached hydrogens (tertiary/aromatic N) is 3. The number of rotatable bonds is 5. The molecule has 6 heteroatoms. The van der Waals surface area contributed by atoms with E-state index in [0.717, 1.165) is 29.9 Å². The maximum absolute atomic E-state index is 13.5. The number of aromatic nitrogens is 2. The second kappa shape index (κ2) is 9.29. The Morgan fingerprint density at radius 3 is 2.29 bits per heavy atom. The molecule has 1 aromatic heterocycles. The molecule has 1 saturated carbocycles. The molecule has 0 amide bonds. The van der Waals surface area contributed by atoms with E-state index in [0.29, 0.717) is 31.0 Å². The van der Waals surface area contributed by atoms with Crippen LogP contribution in [0.1, 0.15) is 76.7 Å². The Bertz CT molecular complexity index is 935. The van der Waals surface area contributed by atoms with E-state index in [2.05, 4.69) is 25.8 Å². The third-order valence-electron chi connectivity index (χ3n) is 7.86. The third kappa shape index (κ3) is 4.12. The number of benzene rings is 1. The molecule has 3 heterocycles. The molecule has 0 spiro atoms. The predicted octanol–water partition coefficient (Wildman–Crippen LogP) is 4.05. The van der Waals surface area contributed by atoms with Crippen LogP contribution in [0.3, 0.4) is 0 Å². The average molecular weight is 424 g/mol. The highest BCUT2D eigenvalue weighted by atomic mass is 16.1. The Balaban J connectivity index is 1.44. The number of hydrogen-bond acceptors (Lipinski definition) is 5. The Labute approximate surface area is 185 Å². The first kappa shape index (κ1) is 21.0. The molecule has 6 nitrogen and oxygen atoms in total. The van der Waals surface area contributed by atoms with Crippen molar-refractivity contribution in [3.8, 4) is 0 Å². The number of nitrogens with one attached hydrogen (secondary N) is 1. The maximum atomic E-state index is 13.5. The van der Waals surface area contributed by atoms with Gasteiger partial charge in [0.1, 0.15) is 0 Å². The van der Waals surface area contributed by atoms with Gasteiger partial charge < -0.3 is 15.6 Å². The summed E-state index contributed by atoms with van der Waals surface area (Å²) in [5.41, 5.74) is 7.53. The van der Waals surface area contributed by atoms with E-state index < -0.39 is 0 Å². The molecule has 3 aliphatic rings. The number of nitrogens with two attached hydrogens (primary N) is 1. The van der Waals surface area contributed by atoms with Crippen LogP contribution in [0.15, 0.2) is 29.1 Å². The lowest BCUT2D eigenvalue weighted by Gasteiger charge is -2.45. The highest BCUT2D eigenvalue weighted by Gasteiger charge is 2.44. The Hall–Kier alpha value is -1.92. The van der Waals surface area contributed by atoms with Crippen molar-refractivity contribution in [3.05, 3.63) is 34.6 Å². The van der Waals surface area contributed by atoms with Crippen molar-refractivity contribution in [1.82, 2.24) is 14.5 Å². The molecule has 31 heavy (non-hydrogen) atoms. The molecule has 168 valence electrons. The fraction of sp³-hybridized carbons (Fsp3) is 0.680. The van der Waals surface area contributed by atoms with E-state index in [9.17, 15) is 4.79 Å². The number of hydrogen-bond donors (Lipinski definition) is 2. The lowest BCUT2D eigenvalue weighted by molar-refractivity contribution is 0.0498. The Morgan fingerprint density at radius 2 is 1.58 bits per heavy atom. The second-order valence-corrected chi connectivity index (χ2v) is 9.80. The van der Waals surface area contributed by atoms with Gasteiger partial charge in [0.25, 0.3) is 5.56 Å². The van der Waals surface area contributed by atoms with Gasteiger partial charge in [-0.25, -0.2) is 4.98 Å². The molecule has 2 aliphatic heterocycles. The summed E-state index contributed by atoms with van der Waals surface area (Å²) in [6.07, 6.45) is 14.4. The van der Waals surface area contributed by atoms with Crippen molar-refractivity contribution in [2.75, 3.05) is 18.4 Å². The molecule has 0 radical (unpaired) electrons. The summed E-state index contributed by atoms with van der Waals surface area (Å²) in [7, 11) is 0. The van der Waals surface area contributed by atoms with Crippen molar-refractivity contribution in [2.24, 2.45) is 5.73 Å². The maximum Gasteiger partial charge on any atom is 0.294 e. The molecule has 2 bridgehead atoms. The molecule has 5 rings (SSSR count). The minimum Gasteiger partial charge on any atom is -0.364 e. The first-order valence-corrected chi connectivity index (χ1v) is 12.5. The smallest absolute Gasteiger partial charge is 0.294 e. The third-order valence-corrected chi connectivity index (χ3v) is 7.86. The largest absolute Gasteiger partial charge is 0.364 e. The summed E-state index contributed by atoms with van der Waals surface area (Å²) < 4.78 is 2.06. The second-order valence-electron chi connectivity index (χ2n) is 9.80. The highest BCUT2D eigenvalue weighted by molar-refractivity contribution is 5.76. The van der Waals surface area contributed by atoms with E-state index in [4.69, 9.17) is 5.73 Å². The van der Waals surface area contributed by atoms with E-state index in [1.165, 1.54) is 57.8 Å². The quantitative estimate of drug-likeness (QED) is 0.759. The first-order chi connectivity index (χ1) is 15.3. The van der Waals surface area contributed by atoms with Crippen molar-refractivity contribution in [3.63, 3.8) is 0 Å². The van der Waals surface area contributed by atoms with Crippen molar-refractivity contribution >= 4 is 16.9 Å². The number of fused-ring (bicyclic) bond motifs is 3. The fourth-order valence-corrected chi connectivity index (χ4v) is 6.55. The molecule has 2 saturated heterocycles. The van der Waals surface area contributed by atoms with Gasteiger partial charge in [0, 0.05) is 37.3 Å². The lowest BCUT2D eigenvalue weighted by Crippen LogP contribution is -2.50. The van der Waals surface area contributed by atoms with Gasteiger partial charge in [0.05, 0.1) is 11.0 Å². The van der Waals surface area contributed by atoms with Gasteiger partial charge in [-0.1, -0.05) is 44.2 Å². The summed E-state index contributed by atoms with van der Waals surface area (Å²) >= 11 is 0. The summed E-state index contributed by atoms with van der Waals surface area (Å²) in [6, 6.07) is 10.3. The molecular weight excluding hydrogens is 386 g/mol. The molecule has 1 unspecified atom stereocenters. The standard InChI is InChI=1S/C25H37N5O/c26-14-15-27-24-25(31)30(23-11-7-6-10-22(23)28-24)21-16-19-12-13-20(17-21)29(19)18-8-4-2-1-3-5-9-18/h6-7,10-11,18-21H,1-5,8-9,12-17,26H2,(H,27,28)/t19-,20+,21?. The topological polar surface area (TPSA) is 76.2 Å². The first-order valence-electron chi connectivity index (χ1n) is 12.5. The zero-order valence-corrected chi connectivity index (χ0v) is 18.6. The van der Waals surface area contributed by atoms with E-state index in [1.54, 1.807) is 0 Å². The van der Waals surface area contributed by atoms with Crippen LogP contribution in [0.25, 0.3) is 11.0 Å². The monoisotopic (exact) mass is 423 g/mol. The number of piperidine rings is 1. The van der Waals surface area contributed by atoms with Crippen LogP contribution in [0.5, 0.6) is 0 Å². The van der Waals surface area contributed by atoms with Gasteiger partial charge in [-0.05, 0) is 50.7 Å². The number of anilines is 1. The SMILES string of the molecule is NCCNc1nc2ccccc2n(C2C[C@H]3CC[C@@H](C2)N3C2CCCCCCC2)c1=O. The van der Waals surface area contributed by atoms with Gasteiger partial charge in [0.15, 0.2) is 5.82 Å². The Kier molecular flexibility index (Phi) is 6.28. The highest BCUT2D eigenvalue weighted by Crippen LogP contribution is 2.44. The van der Waals surface area contributed by atoms with Crippen LogP contribution in [0.4, 0.5) is 5.82 Å². The molecule has 3 atom stereocenters. The van der Waals surface area contributed by atoms with E-state index in [1.807, 2.05) is 18.2 Å². The normalized spacial score (nSPS) is 27.8. The van der Waals surface area contributed by atoms with Crippen LogP contribution in [-0.4, -0.2) is 45.7 Å². The molecule has 1 aromatic carbocycles. The van der Waals surface area contributed by atoms with Gasteiger partial charge in [-0.3, -0.25) is 9.69 Å². The van der Waals surface area contributed by atoms with Gasteiger partial charge in [-0.15, -0.1) is 0 Å². The number of para-hydroxylation sites is 2. The fourth-order valence-electron chi connectivity index (χ4n) is 6.55. The average Bonchev–Trinajstić information content (AvgIpc) is 3.01. The van der Waals surface area contributed by atoms with Gasteiger partial charge in [-0.2, -0.15) is 0 Å². The van der Waals surface area contributed by atoms with Crippen LogP contribution in [0, 0.1) is 0 Å². The van der Waals surface area contributed by atoms with E-state index in [-0.39, 0.29) is 11.6 Å². The minimum absolute atomic E-state index is 0.0101. The minimum atomic E-state index is 0.0101. The van der Waals surface area contributed by atoms with Crippen LogP contribution in [0.2, 0.25) is 0 Å². The zero-order chi connectivity index (χ0) is 21.2. The van der Waals surface area contributed by atoms with Crippen molar-refractivity contribution in [2.45, 2.75) is 94.8 Å². The molecule has 3 N–H and O–H groups in total. The van der Waals surface area contributed by atoms with Crippen LogP contribution >= 0.6 is 0 Å². The molecule has 2 aromatic rings. The van der Waals surface area contributed by atoms with Gasteiger partial charge >= 0.3 is 0 Å². The van der Waals surface area contributed by atoms with Crippen molar-refractivity contribution < 1.29 is 0 Å².